The molecular weight excluding hydrogens is 563 g/mol. The Balaban J connectivity index is 1.18. The van der Waals surface area contributed by atoms with E-state index in [4.69, 9.17) is 0 Å². The van der Waals surface area contributed by atoms with E-state index in [9.17, 15) is 0 Å². The van der Waals surface area contributed by atoms with Crippen LogP contribution in [-0.2, 0) is 5.41 Å². The average molecular weight is 594 g/mol. The summed E-state index contributed by atoms with van der Waals surface area (Å²) in [5, 5.41) is 5.31. The number of rotatable bonds is 4. The maximum atomic E-state index is 2.42. The summed E-state index contributed by atoms with van der Waals surface area (Å²) in [5.41, 5.74) is 11.3. The molecule has 1 aliphatic carbocycles. The van der Waals surface area contributed by atoms with Crippen LogP contribution in [0.2, 0.25) is 0 Å². The molecule has 1 nitrogen and oxygen atoms in total. The van der Waals surface area contributed by atoms with Gasteiger partial charge in [0.2, 0.25) is 0 Å². The highest BCUT2D eigenvalue weighted by Crippen LogP contribution is 2.54. The van der Waals surface area contributed by atoms with Crippen LogP contribution in [-0.4, -0.2) is 0 Å². The molecule has 0 bridgehead atoms. The molecular formula is C43H31NS. The van der Waals surface area contributed by atoms with Crippen molar-refractivity contribution < 1.29 is 0 Å². The van der Waals surface area contributed by atoms with Crippen molar-refractivity contribution in [2.45, 2.75) is 19.3 Å². The maximum absolute atomic E-state index is 2.42. The van der Waals surface area contributed by atoms with Gasteiger partial charge >= 0.3 is 0 Å². The van der Waals surface area contributed by atoms with Crippen LogP contribution in [0.3, 0.4) is 0 Å². The van der Waals surface area contributed by atoms with E-state index in [0.29, 0.717) is 0 Å². The van der Waals surface area contributed by atoms with Crippen LogP contribution in [0, 0.1) is 0 Å². The Morgan fingerprint density at radius 3 is 2.07 bits per heavy atom. The van der Waals surface area contributed by atoms with Crippen molar-refractivity contribution in [3.05, 3.63) is 163 Å². The number of benzene rings is 7. The van der Waals surface area contributed by atoms with Crippen molar-refractivity contribution in [2.75, 3.05) is 4.90 Å². The van der Waals surface area contributed by atoms with Crippen LogP contribution >= 0.6 is 11.3 Å². The van der Waals surface area contributed by atoms with Crippen molar-refractivity contribution in [2.24, 2.45) is 0 Å². The minimum Gasteiger partial charge on any atom is -0.310 e. The zero-order valence-electron chi connectivity index (χ0n) is 25.3. The lowest BCUT2D eigenvalue weighted by Gasteiger charge is -2.29. The fraction of sp³-hybridized carbons (Fsp3) is 0.0698. The number of para-hydroxylation sites is 1. The van der Waals surface area contributed by atoms with Gasteiger partial charge < -0.3 is 4.90 Å². The zero-order valence-corrected chi connectivity index (χ0v) is 26.1. The second-order valence-corrected chi connectivity index (χ2v) is 13.6. The summed E-state index contributed by atoms with van der Waals surface area (Å²) in [7, 11) is 0. The van der Waals surface area contributed by atoms with E-state index in [1.807, 2.05) is 11.3 Å². The summed E-state index contributed by atoms with van der Waals surface area (Å²) in [4.78, 5) is 2.42. The third-order valence-corrected chi connectivity index (χ3v) is 10.8. The van der Waals surface area contributed by atoms with E-state index < -0.39 is 0 Å². The minimum absolute atomic E-state index is 0.0516. The molecule has 0 spiro atoms. The first-order chi connectivity index (χ1) is 22.1. The van der Waals surface area contributed by atoms with Crippen LogP contribution in [0.4, 0.5) is 17.1 Å². The number of fused-ring (bicyclic) bond motifs is 8. The number of hydrogen-bond acceptors (Lipinski definition) is 2. The summed E-state index contributed by atoms with van der Waals surface area (Å²) in [6.45, 7) is 4.69. The molecule has 2 heteroatoms. The number of thiophene rings is 1. The second-order valence-electron chi connectivity index (χ2n) is 12.6. The van der Waals surface area contributed by atoms with Gasteiger partial charge in [0.25, 0.3) is 0 Å². The molecule has 0 radical (unpaired) electrons. The Bertz CT molecular complexity index is 2400. The fourth-order valence-electron chi connectivity index (χ4n) is 7.46. The molecule has 1 aromatic heterocycles. The lowest BCUT2D eigenvalue weighted by Crippen LogP contribution is -2.16. The average Bonchev–Trinajstić information content (AvgIpc) is 3.58. The maximum Gasteiger partial charge on any atom is 0.0543 e. The molecule has 0 saturated carbocycles. The first-order valence-corrected chi connectivity index (χ1v) is 16.4. The van der Waals surface area contributed by atoms with Gasteiger partial charge in [-0.2, -0.15) is 0 Å². The monoisotopic (exact) mass is 593 g/mol. The number of hydrogen-bond donors (Lipinski definition) is 0. The predicted molar refractivity (Wildman–Crippen MR) is 195 cm³/mol. The van der Waals surface area contributed by atoms with Crippen molar-refractivity contribution in [1.29, 1.82) is 0 Å². The molecule has 45 heavy (non-hydrogen) atoms. The standard InChI is InChI=1S/C43H31NS/c1-43(2)36-16-9-8-15-34(36)42-37(43)17-10-18-38(42)44(31-12-4-3-5-13-31)32-23-19-28(20-24-32)30-22-25-39-35(27-30)41-33-14-7-6-11-29(33)21-26-40(41)45-39/h3-27H,1-2H3. The van der Waals surface area contributed by atoms with E-state index in [1.165, 1.54) is 70.0 Å². The zero-order chi connectivity index (χ0) is 30.1. The van der Waals surface area contributed by atoms with Gasteiger partial charge in [0.05, 0.1) is 5.69 Å². The van der Waals surface area contributed by atoms with E-state index in [-0.39, 0.29) is 5.41 Å². The minimum atomic E-state index is -0.0516. The molecule has 7 aromatic carbocycles. The molecule has 0 N–H and O–H groups in total. The van der Waals surface area contributed by atoms with Crippen LogP contribution in [0.15, 0.2) is 152 Å². The Kier molecular flexibility index (Phi) is 5.78. The summed E-state index contributed by atoms with van der Waals surface area (Å²) < 4.78 is 2.67. The smallest absolute Gasteiger partial charge is 0.0543 e. The van der Waals surface area contributed by atoms with Crippen LogP contribution in [0.1, 0.15) is 25.0 Å². The van der Waals surface area contributed by atoms with E-state index in [2.05, 4.69) is 170 Å². The van der Waals surface area contributed by atoms with Gasteiger partial charge in [-0.3, -0.25) is 0 Å². The molecule has 8 aromatic rings. The topological polar surface area (TPSA) is 3.24 Å². The predicted octanol–water partition coefficient (Wildman–Crippen LogP) is 12.7. The van der Waals surface area contributed by atoms with Crippen molar-refractivity contribution in [3.63, 3.8) is 0 Å². The quantitative estimate of drug-likeness (QED) is 0.196. The SMILES string of the molecule is CC1(C)c2ccccc2-c2c(N(c3ccccc3)c3ccc(-c4ccc5sc6ccc7ccccc7c6c5c4)cc3)cccc21. The van der Waals surface area contributed by atoms with E-state index >= 15 is 0 Å². The normalized spacial score (nSPS) is 13.3. The van der Waals surface area contributed by atoms with Crippen molar-refractivity contribution in [3.8, 4) is 22.3 Å². The summed E-state index contributed by atoms with van der Waals surface area (Å²) in [6.07, 6.45) is 0. The highest BCUT2D eigenvalue weighted by atomic mass is 32.1. The molecule has 0 atom stereocenters. The largest absolute Gasteiger partial charge is 0.310 e. The third kappa shape index (κ3) is 3.99. The molecule has 1 heterocycles. The summed E-state index contributed by atoms with van der Waals surface area (Å²) >= 11 is 1.88. The van der Waals surface area contributed by atoms with Crippen LogP contribution in [0.5, 0.6) is 0 Å². The molecule has 0 unspecified atom stereocenters. The third-order valence-electron chi connectivity index (χ3n) is 9.66. The molecule has 0 fully saturated rings. The highest BCUT2D eigenvalue weighted by molar-refractivity contribution is 7.26. The lowest BCUT2D eigenvalue weighted by atomic mass is 9.82. The molecule has 0 saturated heterocycles. The second kappa shape index (κ2) is 9.92. The summed E-state index contributed by atoms with van der Waals surface area (Å²) in [6, 6.07) is 55.8. The molecule has 214 valence electrons. The molecule has 1 aliphatic rings. The summed E-state index contributed by atoms with van der Waals surface area (Å²) in [5.74, 6) is 0. The highest BCUT2D eigenvalue weighted by Gasteiger charge is 2.37. The first-order valence-electron chi connectivity index (χ1n) is 15.6. The number of anilines is 3. The molecule has 0 aliphatic heterocycles. The van der Waals surface area contributed by atoms with E-state index in [0.717, 1.165) is 11.4 Å². The van der Waals surface area contributed by atoms with Crippen molar-refractivity contribution >= 4 is 59.3 Å². The Hall–Kier alpha value is -5.18. The lowest BCUT2D eigenvalue weighted by molar-refractivity contribution is 0.660. The Morgan fingerprint density at radius 1 is 0.511 bits per heavy atom. The molecule has 0 amide bonds. The van der Waals surface area contributed by atoms with Crippen LogP contribution < -0.4 is 4.90 Å². The molecule has 9 rings (SSSR count). The first kappa shape index (κ1) is 26.2. The van der Waals surface area contributed by atoms with E-state index in [1.54, 1.807) is 0 Å². The Labute approximate surface area is 267 Å². The van der Waals surface area contributed by atoms with Gasteiger partial charge in [-0.15, -0.1) is 11.3 Å². The van der Waals surface area contributed by atoms with Crippen molar-refractivity contribution in [1.82, 2.24) is 0 Å². The van der Waals surface area contributed by atoms with Gasteiger partial charge in [-0.25, -0.2) is 0 Å². The van der Waals surface area contributed by atoms with Gasteiger partial charge in [-0.05, 0) is 87.1 Å². The van der Waals surface area contributed by atoms with Gasteiger partial charge in [0.15, 0.2) is 0 Å². The van der Waals surface area contributed by atoms with Crippen LogP contribution in [0.25, 0.3) is 53.2 Å². The van der Waals surface area contributed by atoms with Gasteiger partial charge in [0, 0.05) is 42.5 Å². The van der Waals surface area contributed by atoms with Gasteiger partial charge in [0.1, 0.15) is 0 Å². The fourth-order valence-corrected chi connectivity index (χ4v) is 8.56. The Morgan fingerprint density at radius 2 is 1.20 bits per heavy atom. The van der Waals surface area contributed by atoms with Gasteiger partial charge in [-0.1, -0.05) is 117 Å². The number of nitrogens with zero attached hydrogens (tertiary/aromatic N) is 1.